The van der Waals surface area contributed by atoms with Gasteiger partial charge in [0.1, 0.15) is 11.4 Å². The molecule has 0 radical (unpaired) electrons. The smallest absolute Gasteiger partial charge is 0.407 e. The number of carbonyl (C=O) groups is 2. The minimum Gasteiger partial charge on any atom is -0.462 e. The van der Waals surface area contributed by atoms with Gasteiger partial charge in [-0.25, -0.2) is 14.6 Å². The molecule has 1 aromatic rings. The zero-order valence-corrected chi connectivity index (χ0v) is 17.5. The standard InChI is InChI=1S/C16H22ClN3O4.2ClH/c1-5-23-14(21)10-6-12(17)13(18-7-10)20-8-11(9-20)19-15(22)24-16(2,3)4;;/h6-7,11H,5,8-9H2,1-4H3,(H,19,22);2*1H. The molecule has 2 heterocycles. The molecule has 2 rings (SSSR count). The summed E-state index contributed by atoms with van der Waals surface area (Å²) >= 11 is 6.20. The fourth-order valence-electron chi connectivity index (χ4n) is 2.21. The second-order valence-electron chi connectivity index (χ2n) is 6.50. The molecule has 0 bridgehead atoms. The summed E-state index contributed by atoms with van der Waals surface area (Å²) in [6, 6.07) is 1.51. The van der Waals surface area contributed by atoms with Gasteiger partial charge in [-0.15, -0.1) is 24.8 Å². The molecular formula is C16H24Cl3N3O4. The maximum Gasteiger partial charge on any atom is 0.407 e. The Bertz CT molecular complexity index is 632. The molecule has 0 aliphatic carbocycles. The minimum absolute atomic E-state index is 0. The van der Waals surface area contributed by atoms with Crippen molar-refractivity contribution in [3.05, 3.63) is 22.8 Å². The predicted octanol–water partition coefficient (Wildman–Crippen LogP) is 3.47. The van der Waals surface area contributed by atoms with E-state index in [0.29, 0.717) is 36.1 Å². The van der Waals surface area contributed by atoms with E-state index in [0.717, 1.165) is 0 Å². The van der Waals surface area contributed by atoms with Crippen molar-refractivity contribution in [3.8, 4) is 0 Å². The Morgan fingerprint density at radius 1 is 1.35 bits per heavy atom. The molecule has 1 N–H and O–H groups in total. The van der Waals surface area contributed by atoms with E-state index in [4.69, 9.17) is 21.1 Å². The molecule has 0 aromatic carbocycles. The topological polar surface area (TPSA) is 80.8 Å². The van der Waals surface area contributed by atoms with Crippen LogP contribution in [0.1, 0.15) is 38.1 Å². The number of nitrogens with zero attached hydrogens (tertiary/aromatic N) is 2. The Hall–Kier alpha value is -1.44. The zero-order chi connectivity index (χ0) is 17.9. The highest BCUT2D eigenvalue weighted by Crippen LogP contribution is 2.28. The zero-order valence-electron chi connectivity index (χ0n) is 15.1. The fourth-order valence-corrected chi connectivity index (χ4v) is 2.49. The lowest BCUT2D eigenvalue weighted by Crippen LogP contribution is -2.60. The van der Waals surface area contributed by atoms with Gasteiger partial charge in [0.25, 0.3) is 0 Å². The summed E-state index contributed by atoms with van der Waals surface area (Å²) in [5.41, 5.74) is -0.212. The summed E-state index contributed by atoms with van der Waals surface area (Å²) in [5, 5.41) is 3.16. The van der Waals surface area contributed by atoms with Gasteiger partial charge in [-0.1, -0.05) is 11.6 Å². The minimum atomic E-state index is -0.526. The molecule has 1 aromatic heterocycles. The lowest BCUT2D eigenvalue weighted by molar-refractivity contribution is 0.0492. The highest BCUT2D eigenvalue weighted by molar-refractivity contribution is 6.33. The van der Waals surface area contributed by atoms with Crippen LogP contribution < -0.4 is 10.2 Å². The number of aromatic nitrogens is 1. The lowest BCUT2D eigenvalue weighted by atomic mass is 10.1. The molecule has 10 heteroatoms. The number of rotatable bonds is 4. The molecule has 26 heavy (non-hydrogen) atoms. The molecule has 1 aliphatic rings. The SMILES string of the molecule is CCOC(=O)c1cnc(N2CC(NC(=O)OC(C)(C)C)C2)c(Cl)c1.Cl.Cl. The summed E-state index contributed by atoms with van der Waals surface area (Å²) in [6.07, 6.45) is 0.997. The highest BCUT2D eigenvalue weighted by atomic mass is 35.5. The van der Waals surface area contributed by atoms with Crippen molar-refractivity contribution in [2.24, 2.45) is 0 Å². The normalized spacial score (nSPS) is 13.7. The third-order valence-corrected chi connectivity index (χ3v) is 3.51. The van der Waals surface area contributed by atoms with E-state index in [9.17, 15) is 9.59 Å². The molecule has 1 amide bonds. The van der Waals surface area contributed by atoms with E-state index < -0.39 is 17.7 Å². The fraction of sp³-hybridized carbons (Fsp3) is 0.562. The molecule has 0 saturated carbocycles. The van der Waals surface area contributed by atoms with Crippen LogP contribution in [-0.4, -0.2) is 48.4 Å². The Balaban J connectivity index is 0.00000312. The van der Waals surface area contributed by atoms with Crippen molar-refractivity contribution in [3.63, 3.8) is 0 Å². The van der Waals surface area contributed by atoms with E-state index in [1.54, 1.807) is 6.92 Å². The Morgan fingerprint density at radius 3 is 2.46 bits per heavy atom. The average molecular weight is 429 g/mol. The van der Waals surface area contributed by atoms with Crippen LogP contribution in [-0.2, 0) is 9.47 Å². The molecule has 148 valence electrons. The quantitative estimate of drug-likeness (QED) is 0.740. The Morgan fingerprint density at radius 2 is 1.96 bits per heavy atom. The lowest BCUT2D eigenvalue weighted by Gasteiger charge is -2.40. The van der Waals surface area contributed by atoms with E-state index in [1.165, 1.54) is 12.3 Å². The number of hydrogen-bond acceptors (Lipinski definition) is 6. The molecule has 0 atom stereocenters. The van der Waals surface area contributed by atoms with Crippen molar-refractivity contribution >= 4 is 54.3 Å². The van der Waals surface area contributed by atoms with Gasteiger partial charge in [0.15, 0.2) is 0 Å². The van der Waals surface area contributed by atoms with Gasteiger partial charge in [0, 0.05) is 19.3 Å². The number of anilines is 1. The maximum absolute atomic E-state index is 11.7. The second kappa shape index (κ2) is 10.0. The van der Waals surface area contributed by atoms with E-state index >= 15 is 0 Å². The number of halogens is 3. The third kappa shape index (κ3) is 6.70. The van der Waals surface area contributed by atoms with Gasteiger partial charge >= 0.3 is 12.1 Å². The van der Waals surface area contributed by atoms with Crippen molar-refractivity contribution in [2.45, 2.75) is 39.3 Å². The first-order valence-electron chi connectivity index (χ1n) is 7.76. The third-order valence-electron chi connectivity index (χ3n) is 3.23. The van der Waals surface area contributed by atoms with Crippen LogP contribution >= 0.6 is 36.4 Å². The summed E-state index contributed by atoms with van der Waals surface area (Å²) < 4.78 is 10.1. The number of amides is 1. The largest absolute Gasteiger partial charge is 0.462 e. The molecule has 1 aliphatic heterocycles. The van der Waals surface area contributed by atoms with Gasteiger partial charge < -0.3 is 19.7 Å². The van der Waals surface area contributed by atoms with Crippen LogP contribution in [0.25, 0.3) is 0 Å². The highest BCUT2D eigenvalue weighted by Gasteiger charge is 2.32. The van der Waals surface area contributed by atoms with Gasteiger partial charge in [0.2, 0.25) is 0 Å². The molecular weight excluding hydrogens is 405 g/mol. The summed E-state index contributed by atoms with van der Waals surface area (Å²) in [4.78, 5) is 29.5. The van der Waals surface area contributed by atoms with Crippen LogP contribution in [0.15, 0.2) is 12.3 Å². The number of ether oxygens (including phenoxy) is 2. The summed E-state index contributed by atoms with van der Waals surface area (Å²) in [6.45, 7) is 8.62. The number of hydrogen-bond donors (Lipinski definition) is 1. The first kappa shape index (κ1) is 24.6. The second-order valence-corrected chi connectivity index (χ2v) is 6.91. The van der Waals surface area contributed by atoms with Crippen LogP contribution in [0, 0.1) is 0 Å². The van der Waals surface area contributed by atoms with E-state index in [2.05, 4.69) is 10.3 Å². The monoisotopic (exact) mass is 427 g/mol. The number of alkyl carbamates (subject to hydrolysis) is 1. The number of esters is 1. The van der Waals surface area contributed by atoms with Crippen molar-refractivity contribution < 1.29 is 19.1 Å². The number of pyridine rings is 1. The van der Waals surface area contributed by atoms with Crippen molar-refractivity contribution in [1.82, 2.24) is 10.3 Å². The summed E-state index contributed by atoms with van der Waals surface area (Å²) in [7, 11) is 0. The van der Waals surface area contributed by atoms with E-state index in [1.807, 2.05) is 25.7 Å². The van der Waals surface area contributed by atoms with Crippen molar-refractivity contribution in [1.29, 1.82) is 0 Å². The van der Waals surface area contributed by atoms with Gasteiger partial charge in [0.05, 0.1) is 23.2 Å². The maximum atomic E-state index is 11.7. The van der Waals surface area contributed by atoms with Crippen LogP contribution in [0.5, 0.6) is 0 Å². The van der Waals surface area contributed by atoms with Gasteiger partial charge in [-0.3, -0.25) is 0 Å². The Kier molecular flexibility index (Phi) is 9.48. The van der Waals surface area contributed by atoms with Crippen LogP contribution in [0.2, 0.25) is 5.02 Å². The molecule has 0 spiro atoms. The molecule has 0 unspecified atom stereocenters. The number of nitrogens with one attached hydrogen (secondary N) is 1. The summed E-state index contributed by atoms with van der Waals surface area (Å²) in [5.74, 6) is 0.124. The van der Waals surface area contributed by atoms with Crippen molar-refractivity contribution in [2.75, 3.05) is 24.6 Å². The van der Waals surface area contributed by atoms with Crippen LogP contribution in [0.4, 0.5) is 10.6 Å². The van der Waals surface area contributed by atoms with E-state index in [-0.39, 0.29) is 30.9 Å². The Labute approximate surface area is 170 Å². The first-order valence-corrected chi connectivity index (χ1v) is 8.14. The average Bonchev–Trinajstić information content (AvgIpc) is 2.41. The van der Waals surface area contributed by atoms with Gasteiger partial charge in [-0.05, 0) is 33.8 Å². The number of carbonyl (C=O) groups excluding carboxylic acids is 2. The van der Waals surface area contributed by atoms with Crippen LogP contribution in [0.3, 0.4) is 0 Å². The molecule has 7 nitrogen and oxygen atoms in total. The van der Waals surface area contributed by atoms with Gasteiger partial charge in [-0.2, -0.15) is 0 Å². The molecule has 1 saturated heterocycles. The first-order chi connectivity index (χ1) is 11.2. The molecule has 1 fully saturated rings. The predicted molar refractivity (Wildman–Crippen MR) is 105 cm³/mol.